The molecule has 0 aromatic heterocycles. The van der Waals surface area contributed by atoms with Crippen LogP contribution in [0.1, 0.15) is 11.1 Å². The summed E-state index contributed by atoms with van der Waals surface area (Å²) in [5, 5.41) is 2.75. The van der Waals surface area contributed by atoms with Crippen LogP contribution in [-0.4, -0.2) is 19.6 Å². The topological polar surface area (TPSA) is 47.6 Å². The van der Waals surface area contributed by atoms with Crippen LogP contribution >= 0.6 is 0 Å². The van der Waals surface area contributed by atoms with Crippen molar-refractivity contribution in [3.8, 4) is 11.5 Å². The van der Waals surface area contributed by atoms with Crippen LogP contribution in [0.5, 0.6) is 11.5 Å². The Labute approximate surface area is 138 Å². The van der Waals surface area contributed by atoms with Gasteiger partial charge in [-0.25, -0.2) is 0 Å². The Balaban J connectivity index is 1.96. The van der Waals surface area contributed by atoms with Gasteiger partial charge in [-0.15, -0.1) is 0 Å². The zero-order chi connectivity index (χ0) is 17.4. The fraction of sp³-hybridized carbons (Fsp3) is 0.167. The lowest BCUT2D eigenvalue weighted by molar-refractivity contribution is -0.116. The highest BCUT2D eigenvalue weighted by molar-refractivity contribution is 5.91. The van der Waals surface area contributed by atoms with E-state index in [0.29, 0.717) is 12.1 Å². The Bertz CT molecular complexity index is 703. The summed E-state index contributed by atoms with van der Waals surface area (Å²) in [5.74, 6) is -0.147. The van der Waals surface area contributed by atoms with Crippen LogP contribution in [0.3, 0.4) is 0 Å². The fourth-order valence-electron chi connectivity index (χ4n) is 2.00. The molecule has 4 nitrogen and oxygen atoms in total. The first-order valence-corrected chi connectivity index (χ1v) is 7.21. The molecule has 0 fully saturated rings. The third-order valence-electron chi connectivity index (χ3n) is 3.14. The number of hydrogen-bond donors (Lipinski definition) is 1. The molecule has 0 bridgehead atoms. The van der Waals surface area contributed by atoms with Crippen molar-refractivity contribution >= 4 is 12.0 Å². The maximum Gasteiger partial charge on any atom is 0.387 e. The van der Waals surface area contributed by atoms with Crippen LogP contribution in [-0.2, 0) is 11.3 Å². The van der Waals surface area contributed by atoms with Gasteiger partial charge in [0.1, 0.15) is 0 Å². The number of nitrogens with one attached hydrogen (secondary N) is 1. The standard InChI is InChI=1S/C18H17F2NO3/c1-23-16-11-13(7-9-15(16)24-18(19)20)8-10-17(22)21-12-14-5-3-2-4-6-14/h2-11,18H,12H2,1H3,(H,21,22). The Morgan fingerprint density at radius 1 is 1.17 bits per heavy atom. The lowest BCUT2D eigenvalue weighted by atomic mass is 10.2. The average Bonchev–Trinajstić information content (AvgIpc) is 2.59. The summed E-state index contributed by atoms with van der Waals surface area (Å²) in [6.07, 6.45) is 2.93. The van der Waals surface area contributed by atoms with Crippen LogP contribution in [0, 0.1) is 0 Å². The largest absolute Gasteiger partial charge is 0.493 e. The Morgan fingerprint density at radius 3 is 2.58 bits per heavy atom. The van der Waals surface area contributed by atoms with Gasteiger partial charge in [0.05, 0.1) is 7.11 Å². The molecule has 2 aromatic rings. The van der Waals surface area contributed by atoms with Gasteiger partial charge in [0, 0.05) is 12.6 Å². The monoisotopic (exact) mass is 333 g/mol. The molecule has 1 amide bonds. The van der Waals surface area contributed by atoms with Crippen molar-refractivity contribution in [3.63, 3.8) is 0 Å². The highest BCUT2D eigenvalue weighted by Crippen LogP contribution is 2.29. The molecule has 0 heterocycles. The lowest BCUT2D eigenvalue weighted by Crippen LogP contribution is -2.20. The maximum absolute atomic E-state index is 12.3. The molecule has 24 heavy (non-hydrogen) atoms. The fourth-order valence-corrected chi connectivity index (χ4v) is 2.00. The van der Waals surface area contributed by atoms with Gasteiger partial charge < -0.3 is 14.8 Å². The zero-order valence-electron chi connectivity index (χ0n) is 13.0. The molecule has 0 saturated carbocycles. The van der Waals surface area contributed by atoms with Gasteiger partial charge in [-0.1, -0.05) is 36.4 Å². The maximum atomic E-state index is 12.3. The zero-order valence-corrected chi connectivity index (χ0v) is 13.0. The van der Waals surface area contributed by atoms with Gasteiger partial charge in [-0.3, -0.25) is 4.79 Å². The van der Waals surface area contributed by atoms with Crippen molar-refractivity contribution < 1.29 is 23.0 Å². The normalized spacial score (nSPS) is 10.8. The third-order valence-corrected chi connectivity index (χ3v) is 3.14. The second kappa shape index (κ2) is 8.67. The second-order valence-electron chi connectivity index (χ2n) is 4.83. The number of ether oxygens (including phenoxy) is 2. The molecule has 2 aromatic carbocycles. The van der Waals surface area contributed by atoms with Crippen LogP contribution in [0.2, 0.25) is 0 Å². The summed E-state index contributed by atoms with van der Waals surface area (Å²) in [4.78, 5) is 11.8. The highest BCUT2D eigenvalue weighted by atomic mass is 19.3. The van der Waals surface area contributed by atoms with E-state index < -0.39 is 6.61 Å². The van der Waals surface area contributed by atoms with E-state index in [1.807, 2.05) is 30.3 Å². The molecule has 126 valence electrons. The quantitative estimate of drug-likeness (QED) is 0.787. The summed E-state index contributed by atoms with van der Waals surface area (Å²) in [6.45, 7) is -2.50. The molecule has 0 atom stereocenters. The van der Waals surface area contributed by atoms with Crippen molar-refractivity contribution in [1.29, 1.82) is 0 Å². The summed E-state index contributed by atoms with van der Waals surface area (Å²) in [6, 6.07) is 14.0. The van der Waals surface area contributed by atoms with E-state index in [4.69, 9.17) is 4.74 Å². The number of rotatable bonds is 7. The molecule has 6 heteroatoms. The molecule has 0 spiro atoms. The van der Waals surface area contributed by atoms with E-state index in [2.05, 4.69) is 10.1 Å². The number of carbonyl (C=O) groups excluding carboxylic acids is 1. The minimum atomic E-state index is -2.93. The Morgan fingerprint density at radius 2 is 1.92 bits per heavy atom. The number of hydrogen-bond acceptors (Lipinski definition) is 3. The molecule has 0 aliphatic rings. The number of benzene rings is 2. The number of alkyl halides is 2. The first kappa shape index (κ1) is 17.5. The summed E-state index contributed by atoms with van der Waals surface area (Å²) < 4.78 is 33.9. The van der Waals surface area contributed by atoms with E-state index in [9.17, 15) is 13.6 Å². The number of amides is 1. The predicted molar refractivity (Wildman–Crippen MR) is 86.9 cm³/mol. The van der Waals surface area contributed by atoms with Crippen molar-refractivity contribution in [2.45, 2.75) is 13.2 Å². The minimum Gasteiger partial charge on any atom is -0.493 e. The van der Waals surface area contributed by atoms with Crippen LogP contribution in [0.25, 0.3) is 6.08 Å². The van der Waals surface area contributed by atoms with Crippen LogP contribution in [0.4, 0.5) is 8.78 Å². The Hall–Kier alpha value is -2.89. The van der Waals surface area contributed by atoms with E-state index in [-0.39, 0.29) is 17.4 Å². The predicted octanol–water partition coefficient (Wildman–Crippen LogP) is 3.63. The molecule has 1 N–H and O–H groups in total. The van der Waals surface area contributed by atoms with Crippen molar-refractivity contribution in [1.82, 2.24) is 5.32 Å². The lowest BCUT2D eigenvalue weighted by Gasteiger charge is -2.10. The van der Waals surface area contributed by atoms with Gasteiger partial charge in [-0.2, -0.15) is 8.78 Å². The van der Waals surface area contributed by atoms with Crippen molar-refractivity contribution in [2.24, 2.45) is 0 Å². The first-order valence-electron chi connectivity index (χ1n) is 7.21. The smallest absolute Gasteiger partial charge is 0.387 e. The van der Waals surface area contributed by atoms with Gasteiger partial charge >= 0.3 is 6.61 Å². The molecule has 0 aliphatic carbocycles. The SMILES string of the molecule is COc1cc(C=CC(=O)NCc2ccccc2)ccc1OC(F)F. The van der Waals surface area contributed by atoms with Gasteiger partial charge in [0.15, 0.2) is 11.5 Å². The van der Waals surface area contributed by atoms with Crippen molar-refractivity contribution in [2.75, 3.05) is 7.11 Å². The second-order valence-corrected chi connectivity index (χ2v) is 4.83. The number of methoxy groups -OCH3 is 1. The number of carbonyl (C=O) groups is 1. The third kappa shape index (κ3) is 5.39. The highest BCUT2D eigenvalue weighted by Gasteiger charge is 2.10. The van der Waals surface area contributed by atoms with Gasteiger partial charge in [0.25, 0.3) is 0 Å². The average molecular weight is 333 g/mol. The molecule has 0 saturated heterocycles. The van der Waals surface area contributed by atoms with E-state index in [1.54, 1.807) is 12.1 Å². The molecule has 0 unspecified atom stereocenters. The molecule has 0 aliphatic heterocycles. The van der Waals surface area contributed by atoms with Crippen LogP contribution < -0.4 is 14.8 Å². The molecular formula is C18H17F2NO3. The van der Waals surface area contributed by atoms with Gasteiger partial charge in [0.2, 0.25) is 5.91 Å². The van der Waals surface area contributed by atoms with Crippen LogP contribution in [0.15, 0.2) is 54.6 Å². The van der Waals surface area contributed by atoms with Crippen molar-refractivity contribution in [3.05, 3.63) is 65.7 Å². The minimum absolute atomic E-state index is 0.0572. The van der Waals surface area contributed by atoms with E-state index in [1.165, 1.54) is 25.3 Å². The van der Waals surface area contributed by atoms with E-state index >= 15 is 0 Å². The van der Waals surface area contributed by atoms with Gasteiger partial charge in [-0.05, 0) is 29.3 Å². The summed E-state index contributed by atoms with van der Waals surface area (Å²) in [7, 11) is 1.35. The first-order chi connectivity index (χ1) is 11.6. The van der Waals surface area contributed by atoms with E-state index in [0.717, 1.165) is 5.56 Å². The summed E-state index contributed by atoms with van der Waals surface area (Å²) in [5.41, 5.74) is 1.62. The summed E-state index contributed by atoms with van der Waals surface area (Å²) >= 11 is 0. The number of halogens is 2. The molecule has 0 radical (unpaired) electrons. The molecule has 2 rings (SSSR count). The molecular weight excluding hydrogens is 316 g/mol. The Kier molecular flexibility index (Phi) is 6.31.